The van der Waals surface area contributed by atoms with Crippen LogP contribution in [0.25, 0.3) is 0 Å². The van der Waals surface area contributed by atoms with Gasteiger partial charge >= 0.3 is 11.9 Å². The molecular weight excluding hydrogens is 292 g/mol. The summed E-state index contributed by atoms with van der Waals surface area (Å²) in [5.41, 5.74) is -0.0393. The Morgan fingerprint density at radius 3 is 2.23 bits per heavy atom. The fourth-order valence-electron chi connectivity index (χ4n) is 3.16. The maximum Gasteiger partial charge on any atom is 0.328 e. The van der Waals surface area contributed by atoms with Crippen molar-refractivity contribution in [1.29, 1.82) is 0 Å². The molecule has 3 aliphatic heterocycles. The summed E-state index contributed by atoms with van der Waals surface area (Å²) in [6, 6.07) is 1.28. The van der Waals surface area contributed by atoms with Gasteiger partial charge in [0.15, 0.2) is 0 Å². The number of carboxylic acid groups (broad SMARTS) is 2. The molecule has 3 N–H and O–H groups in total. The first-order valence-corrected chi connectivity index (χ1v) is 7.11. The number of fused-ring (bicyclic) bond motifs is 2. The largest absolute Gasteiger partial charge is 0.482 e. The number of hydrogen-bond acceptors (Lipinski definition) is 6. The van der Waals surface area contributed by atoms with Gasteiger partial charge in [-0.2, -0.15) is 0 Å². The highest BCUT2D eigenvalue weighted by Gasteiger charge is 2.49. The van der Waals surface area contributed by atoms with Gasteiger partial charge in [-0.05, 0) is 12.8 Å². The van der Waals surface area contributed by atoms with Gasteiger partial charge in [-0.15, -0.1) is 0 Å². The summed E-state index contributed by atoms with van der Waals surface area (Å²) in [6.07, 6.45) is 6.72. The Labute approximate surface area is 127 Å². The van der Waals surface area contributed by atoms with Crippen LogP contribution < -0.4 is 5.32 Å². The number of rotatable bonds is 2. The summed E-state index contributed by atoms with van der Waals surface area (Å²) >= 11 is 0. The molecule has 0 aliphatic carbocycles. The Kier molecular flexibility index (Phi) is 5.02. The van der Waals surface area contributed by atoms with Gasteiger partial charge in [0.05, 0.1) is 13.5 Å². The van der Waals surface area contributed by atoms with Crippen molar-refractivity contribution in [3.8, 4) is 0 Å². The van der Waals surface area contributed by atoms with Crippen LogP contribution in [0.1, 0.15) is 32.1 Å². The van der Waals surface area contributed by atoms with Gasteiger partial charge < -0.3 is 25.1 Å². The highest BCUT2D eigenvalue weighted by Crippen LogP contribution is 2.41. The molecule has 1 unspecified atom stereocenters. The third-order valence-electron chi connectivity index (χ3n) is 3.99. The lowest BCUT2D eigenvalue weighted by Gasteiger charge is -2.35. The predicted molar refractivity (Wildman–Crippen MR) is 76.5 cm³/mol. The number of ether oxygens (including phenoxy) is 1. The van der Waals surface area contributed by atoms with Gasteiger partial charge in [-0.25, -0.2) is 9.59 Å². The SMILES string of the molecule is COC1=NOC2(C1)C[C@H]1CC[C@@H](C2)N1.O=C(O)/C=C/C(=O)O. The lowest BCUT2D eigenvalue weighted by Crippen LogP contribution is -2.48. The van der Waals surface area contributed by atoms with E-state index in [0.717, 1.165) is 25.2 Å². The molecule has 0 aromatic carbocycles. The molecule has 3 heterocycles. The second-order valence-electron chi connectivity index (χ2n) is 5.70. The average molecular weight is 312 g/mol. The topological polar surface area (TPSA) is 117 Å². The minimum absolute atomic E-state index is 0.0393. The lowest BCUT2D eigenvalue weighted by atomic mass is 9.85. The number of hydrogen-bond donors (Lipinski definition) is 3. The van der Waals surface area contributed by atoms with Crippen molar-refractivity contribution in [2.24, 2.45) is 5.16 Å². The first-order valence-electron chi connectivity index (χ1n) is 7.11. The first-order chi connectivity index (χ1) is 10.4. The quantitative estimate of drug-likeness (QED) is 0.643. The van der Waals surface area contributed by atoms with Crippen LogP contribution in [0.3, 0.4) is 0 Å². The van der Waals surface area contributed by atoms with E-state index in [1.165, 1.54) is 12.8 Å². The first kappa shape index (κ1) is 16.3. The molecule has 1 spiro atoms. The molecule has 0 amide bonds. The van der Waals surface area contributed by atoms with Crippen molar-refractivity contribution in [2.45, 2.75) is 49.8 Å². The van der Waals surface area contributed by atoms with E-state index in [9.17, 15) is 9.59 Å². The fourth-order valence-corrected chi connectivity index (χ4v) is 3.16. The minimum Gasteiger partial charge on any atom is -0.482 e. The van der Waals surface area contributed by atoms with Crippen LogP contribution in [0.2, 0.25) is 0 Å². The summed E-state index contributed by atoms with van der Waals surface area (Å²) in [4.78, 5) is 24.7. The fraction of sp³-hybridized carbons (Fsp3) is 0.643. The van der Waals surface area contributed by atoms with Crippen LogP contribution in [0.5, 0.6) is 0 Å². The third-order valence-corrected chi connectivity index (χ3v) is 3.99. The van der Waals surface area contributed by atoms with E-state index >= 15 is 0 Å². The number of oxime groups is 1. The molecule has 122 valence electrons. The average Bonchev–Trinajstić information content (AvgIpc) is 3.01. The molecule has 3 atom stereocenters. The summed E-state index contributed by atoms with van der Waals surface area (Å²) in [6.45, 7) is 0. The van der Waals surface area contributed by atoms with Gasteiger partial charge in [0, 0.05) is 37.1 Å². The lowest BCUT2D eigenvalue weighted by molar-refractivity contribution is -0.134. The Hall–Kier alpha value is -2.09. The van der Waals surface area contributed by atoms with Gasteiger partial charge in [0.1, 0.15) is 5.60 Å². The zero-order chi connectivity index (χ0) is 16.2. The van der Waals surface area contributed by atoms with Crippen molar-refractivity contribution >= 4 is 17.8 Å². The predicted octanol–water partition coefficient (Wildman–Crippen LogP) is 0.732. The number of methoxy groups -OCH3 is 1. The van der Waals surface area contributed by atoms with E-state index in [1.807, 2.05) is 0 Å². The molecule has 8 nitrogen and oxygen atoms in total. The maximum atomic E-state index is 9.55. The number of piperidine rings is 1. The summed E-state index contributed by atoms with van der Waals surface area (Å²) in [5, 5.41) is 23.2. The molecular formula is C14H20N2O6. The van der Waals surface area contributed by atoms with Gasteiger partial charge in [0.25, 0.3) is 0 Å². The van der Waals surface area contributed by atoms with E-state index in [0.29, 0.717) is 24.2 Å². The van der Waals surface area contributed by atoms with Crippen LogP contribution in [0.15, 0.2) is 17.3 Å². The van der Waals surface area contributed by atoms with Gasteiger partial charge in [-0.3, -0.25) is 0 Å². The number of nitrogens with zero attached hydrogens (tertiary/aromatic N) is 1. The number of carbonyl (C=O) groups is 2. The molecule has 3 aliphatic rings. The van der Waals surface area contributed by atoms with E-state index in [-0.39, 0.29) is 5.60 Å². The number of aliphatic carboxylic acids is 2. The third kappa shape index (κ3) is 4.20. The van der Waals surface area contributed by atoms with Crippen LogP contribution in [-0.4, -0.2) is 52.8 Å². The summed E-state index contributed by atoms with van der Waals surface area (Å²) in [5.74, 6) is -1.76. The molecule has 2 saturated heterocycles. The Morgan fingerprint density at radius 2 is 1.82 bits per heavy atom. The summed E-state index contributed by atoms with van der Waals surface area (Å²) < 4.78 is 5.13. The second-order valence-corrected chi connectivity index (χ2v) is 5.70. The van der Waals surface area contributed by atoms with Crippen molar-refractivity contribution < 1.29 is 29.4 Å². The molecule has 22 heavy (non-hydrogen) atoms. The molecule has 0 aromatic heterocycles. The summed E-state index contributed by atoms with van der Waals surface area (Å²) in [7, 11) is 1.66. The smallest absolute Gasteiger partial charge is 0.328 e. The normalized spacial score (nSPS) is 32.1. The molecule has 8 heteroatoms. The standard InChI is InChI=1S/C10H16N2O2.C4H4O4/c1-13-9-6-10(14-12-9)4-7-2-3-8(5-10)11-7;5-3(6)1-2-4(7)8/h7-8,11H,2-6H2,1H3;1-2H,(H,5,6)(H,7,8)/b;2-1+/t7-,8+,10?;. The molecule has 2 bridgehead atoms. The molecule has 0 aromatic rings. The Morgan fingerprint density at radius 1 is 1.27 bits per heavy atom. The van der Waals surface area contributed by atoms with E-state index in [4.69, 9.17) is 19.8 Å². The van der Waals surface area contributed by atoms with Gasteiger partial charge in [0.2, 0.25) is 5.90 Å². The highest BCUT2D eigenvalue weighted by molar-refractivity contribution is 5.89. The molecule has 2 fully saturated rings. The Balaban J connectivity index is 0.000000192. The van der Waals surface area contributed by atoms with E-state index in [2.05, 4.69) is 10.5 Å². The molecule has 0 radical (unpaired) electrons. The maximum absolute atomic E-state index is 9.55. The second kappa shape index (κ2) is 6.78. The van der Waals surface area contributed by atoms with Crippen LogP contribution >= 0.6 is 0 Å². The molecule has 3 rings (SSSR count). The van der Waals surface area contributed by atoms with Crippen LogP contribution in [0.4, 0.5) is 0 Å². The minimum atomic E-state index is -1.26. The monoisotopic (exact) mass is 312 g/mol. The van der Waals surface area contributed by atoms with Crippen molar-refractivity contribution in [2.75, 3.05) is 7.11 Å². The zero-order valence-corrected chi connectivity index (χ0v) is 12.3. The van der Waals surface area contributed by atoms with Crippen molar-refractivity contribution in [3.63, 3.8) is 0 Å². The van der Waals surface area contributed by atoms with Crippen molar-refractivity contribution in [1.82, 2.24) is 5.32 Å². The van der Waals surface area contributed by atoms with Crippen molar-refractivity contribution in [3.05, 3.63) is 12.2 Å². The van der Waals surface area contributed by atoms with E-state index in [1.54, 1.807) is 7.11 Å². The highest BCUT2D eigenvalue weighted by atomic mass is 16.7. The van der Waals surface area contributed by atoms with Crippen LogP contribution in [0, 0.1) is 0 Å². The van der Waals surface area contributed by atoms with Gasteiger partial charge in [-0.1, -0.05) is 5.16 Å². The van der Waals surface area contributed by atoms with Crippen LogP contribution in [-0.2, 0) is 19.2 Å². The zero-order valence-electron chi connectivity index (χ0n) is 12.3. The molecule has 0 saturated carbocycles. The van der Waals surface area contributed by atoms with E-state index < -0.39 is 11.9 Å². The Bertz CT molecular complexity index is 474. The number of carboxylic acids is 2. The number of nitrogens with one attached hydrogen (secondary N) is 1.